The van der Waals surface area contributed by atoms with Crippen molar-refractivity contribution in [2.24, 2.45) is 16.6 Å². The number of nitrogens with zero attached hydrogens (tertiary/aromatic N) is 3. The maximum atomic E-state index is 6.01. The van der Waals surface area contributed by atoms with Gasteiger partial charge in [0.2, 0.25) is 0 Å². The highest BCUT2D eigenvalue weighted by atomic mass is 15.3. The molecule has 4 heteroatoms. The number of aliphatic imine (C=N–C) groups is 1. The highest BCUT2D eigenvalue weighted by Crippen LogP contribution is 2.23. The molecule has 0 saturated heterocycles. The number of amidine groups is 1. The SMILES string of the molecule is NC(=NCCn1cccn1)C1CCCCC1. The van der Waals surface area contributed by atoms with Gasteiger partial charge in [0.05, 0.1) is 18.9 Å². The molecule has 1 aliphatic rings. The molecule has 1 aliphatic carbocycles. The summed E-state index contributed by atoms with van der Waals surface area (Å²) in [7, 11) is 0. The molecule has 0 amide bonds. The van der Waals surface area contributed by atoms with E-state index in [0.29, 0.717) is 5.92 Å². The third-order valence-electron chi connectivity index (χ3n) is 3.21. The summed E-state index contributed by atoms with van der Waals surface area (Å²) in [6, 6.07) is 1.92. The molecule has 88 valence electrons. The normalized spacial score (nSPS) is 18.9. The van der Waals surface area contributed by atoms with Crippen molar-refractivity contribution in [3.05, 3.63) is 18.5 Å². The second kappa shape index (κ2) is 5.68. The molecule has 4 nitrogen and oxygen atoms in total. The van der Waals surface area contributed by atoms with Crippen molar-refractivity contribution in [1.82, 2.24) is 9.78 Å². The molecule has 1 saturated carbocycles. The summed E-state index contributed by atoms with van der Waals surface area (Å²) in [5, 5.41) is 4.13. The predicted octanol–water partition coefficient (Wildman–Crippen LogP) is 1.82. The van der Waals surface area contributed by atoms with Crippen LogP contribution in [0.2, 0.25) is 0 Å². The van der Waals surface area contributed by atoms with Gasteiger partial charge >= 0.3 is 0 Å². The second-order valence-electron chi connectivity index (χ2n) is 4.41. The van der Waals surface area contributed by atoms with Crippen molar-refractivity contribution in [3.8, 4) is 0 Å². The topological polar surface area (TPSA) is 56.2 Å². The van der Waals surface area contributed by atoms with Crippen LogP contribution in [0.1, 0.15) is 32.1 Å². The third-order valence-corrected chi connectivity index (χ3v) is 3.21. The quantitative estimate of drug-likeness (QED) is 0.621. The van der Waals surface area contributed by atoms with Crippen LogP contribution in [-0.2, 0) is 6.54 Å². The van der Waals surface area contributed by atoms with E-state index < -0.39 is 0 Å². The maximum absolute atomic E-state index is 6.01. The van der Waals surface area contributed by atoms with E-state index in [0.717, 1.165) is 18.9 Å². The molecule has 0 spiro atoms. The van der Waals surface area contributed by atoms with E-state index in [9.17, 15) is 0 Å². The first-order valence-electron chi connectivity index (χ1n) is 6.13. The fourth-order valence-electron chi connectivity index (χ4n) is 2.24. The van der Waals surface area contributed by atoms with Crippen LogP contribution in [0.15, 0.2) is 23.5 Å². The second-order valence-corrected chi connectivity index (χ2v) is 4.41. The zero-order valence-corrected chi connectivity index (χ0v) is 9.68. The molecule has 0 aliphatic heterocycles. The Morgan fingerprint density at radius 2 is 2.19 bits per heavy atom. The average Bonchev–Trinajstić information content (AvgIpc) is 2.83. The lowest BCUT2D eigenvalue weighted by Crippen LogP contribution is -2.26. The zero-order chi connectivity index (χ0) is 11.2. The Morgan fingerprint density at radius 3 is 2.88 bits per heavy atom. The Balaban J connectivity index is 1.77. The fraction of sp³-hybridized carbons (Fsp3) is 0.667. The summed E-state index contributed by atoms with van der Waals surface area (Å²) in [6.45, 7) is 1.56. The highest BCUT2D eigenvalue weighted by molar-refractivity contribution is 5.82. The molecule has 0 unspecified atom stereocenters. The van der Waals surface area contributed by atoms with E-state index in [1.54, 1.807) is 6.20 Å². The lowest BCUT2D eigenvalue weighted by Gasteiger charge is -2.20. The summed E-state index contributed by atoms with van der Waals surface area (Å²) in [5.74, 6) is 1.39. The van der Waals surface area contributed by atoms with Crippen LogP contribution in [0.4, 0.5) is 0 Å². The minimum atomic E-state index is 0.534. The zero-order valence-electron chi connectivity index (χ0n) is 9.68. The molecule has 0 bridgehead atoms. The fourth-order valence-corrected chi connectivity index (χ4v) is 2.24. The van der Waals surface area contributed by atoms with E-state index in [1.165, 1.54) is 32.1 Å². The standard InChI is InChI=1S/C12H20N4/c13-12(11-5-2-1-3-6-11)14-8-10-16-9-4-7-15-16/h4,7,9,11H,1-3,5-6,8,10H2,(H2,13,14). The molecule has 1 heterocycles. The molecular weight excluding hydrogens is 200 g/mol. The number of hydrogen-bond donors (Lipinski definition) is 1. The smallest absolute Gasteiger partial charge is 0.0969 e. The molecule has 1 fully saturated rings. The lowest BCUT2D eigenvalue weighted by molar-refractivity contribution is 0.436. The Kier molecular flexibility index (Phi) is 3.97. The molecule has 16 heavy (non-hydrogen) atoms. The Labute approximate surface area is 96.6 Å². The lowest BCUT2D eigenvalue weighted by atomic mass is 9.88. The van der Waals surface area contributed by atoms with Gasteiger partial charge in [-0.1, -0.05) is 19.3 Å². The Bertz CT molecular complexity index is 323. The molecule has 0 atom stereocenters. The summed E-state index contributed by atoms with van der Waals surface area (Å²) in [4.78, 5) is 4.46. The number of rotatable bonds is 4. The maximum Gasteiger partial charge on any atom is 0.0969 e. The summed E-state index contributed by atoms with van der Waals surface area (Å²) in [5.41, 5.74) is 6.01. The summed E-state index contributed by atoms with van der Waals surface area (Å²) < 4.78 is 1.89. The first-order chi connectivity index (χ1) is 7.86. The van der Waals surface area contributed by atoms with Crippen molar-refractivity contribution in [2.75, 3.05) is 6.54 Å². The molecule has 1 aromatic heterocycles. The van der Waals surface area contributed by atoms with Gasteiger partial charge in [0.1, 0.15) is 0 Å². The first-order valence-corrected chi connectivity index (χ1v) is 6.13. The number of hydrogen-bond acceptors (Lipinski definition) is 2. The Hall–Kier alpha value is -1.32. The van der Waals surface area contributed by atoms with E-state index in [2.05, 4.69) is 10.1 Å². The third kappa shape index (κ3) is 3.08. The number of nitrogens with two attached hydrogens (primary N) is 1. The average molecular weight is 220 g/mol. The van der Waals surface area contributed by atoms with E-state index in [4.69, 9.17) is 5.73 Å². The molecular formula is C12H20N4. The van der Waals surface area contributed by atoms with Gasteiger partial charge in [-0.15, -0.1) is 0 Å². The van der Waals surface area contributed by atoms with Crippen LogP contribution in [0.3, 0.4) is 0 Å². The Morgan fingerprint density at radius 1 is 1.38 bits per heavy atom. The van der Waals surface area contributed by atoms with Gasteiger partial charge in [0.25, 0.3) is 0 Å². The number of aromatic nitrogens is 2. The van der Waals surface area contributed by atoms with Crippen LogP contribution in [0.25, 0.3) is 0 Å². The molecule has 2 N–H and O–H groups in total. The van der Waals surface area contributed by atoms with E-state index >= 15 is 0 Å². The van der Waals surface area contributed by atoms with Crippen molar-refractivity contribution >= 4 is 5.84 Å². The predicted molar refractivity (Wildman–Crippen MR) is 65.3 cm³/mol. The van der Waals surface area contributed by atoms with Crippen LogP contribution < -0.4 is 5.73 Å². The summed E-state index contributed by atoms with van der Waals surface area (Å²) in [6.07, 6.45) is 10.1. The van der Waals surface area contributed by atoms with E-state index in [1.807, 2.05) is 16.9 Å². The van der Waals surface area contributed by atoms with Crippen LogP contribution in [0.5, 0.6) is 0 Å². The van der Waals surface area contributed by atoms with Crippen LogP contribution in [0, 0.1) is 5.92 Å². The van der Waals surface area contributed by atoms with Crippen molar-refractivity contribution < 1.29 is 0 Å². The first kappa shape index (κ1) is 11.2. The van der Waals surface area contributed by atoms with Gasteiger partial charge in [-0.05, 0) is 18.9 Å². The van der Waals surface area contributed by atoms with Crippen molar-refractivity contribution in [2.45, 2.75) is 38.6 Å². The summed E-state index contributed by atoms with van der Waals surface area (Å²) >= 11 is 0. The van der Waals surface area contributed by atoms with Gasteiger partial charge < -0.3 is 5.73 Å². The van der Waals surface area contributed by atoms with Crippen LogP contribution >= 0.6 is 0 Å². The van der Waals surface area contributed by atoms with Crippen LogP contribution in [-0.4, -0.2) is 22.2 Å². The molecule has 2 rings (SSSR count). The van der Waals surface area contributed by atoms with Gasteiger partial charge in [0.15, 0.2) is 0 Å². The van der Waals surface area contributed by atoms with Gasteiger partial charge in [-0.2, -0.15) is 5.10 Å². The molecule has 0 aromatic carbocycles. The van der Waals surface area contributed by atoms with Crippen molar-refractivity contribution in [1.29, 1.82) is 0 Å². The van der Waals surface area contributed by atoms with E-state index in [-0.39, 0.29) is 0 Å². The minimum absolute atomic E-state index is 0.534. The minimum Gasteiger partial charge on any atom is -0.387 e. The molecule has 0 radical (unpaired) electrons. The van der Waals surface area contributed by atoms with Gasteiger partial charge in [0, 0.05) is 18.3 Å². The molecule has 1 aromatic rings. The monoisotopic (exact) mass is 220 g/mol. The van der Waals surface area contributed by atoms with Crippen molar-refractivity contribution in [3.63, 3.8) is 0 Å². The largest absolute Gasteiger partial charge is 0.387 e. The highest BCUT2D eigenvalue weighted by Gasteiger charge is 2.16. The van der Waals surface area contributed by atoms with Gasteiger partial charge in [-0.25, -0.2) is 0 Å². The van der Waals surface area contributed by atoms with Gasteiger partial charge in [-0.3, -0.25) is 9.67 Å².